The zero-order valence-electron chi connectivity index (χ0n) is 12.5. The van der Waals surface area contributed by atoms with Gasteiger partial charge in [0.25, 0.3) is 0 Å². The summed E-state index contributed by atoms with van der Waals surface area (Å²) in [6, 6.07) is 13.7. The van der Waals surface area contributed by atoms with Crippen LogP contribution in [0.4, 0.5) is 0 Å². The number of esters is 1. The predicted molar refractivity (Wildman–Crippen MR) is 93.2 cm³/mol. The van der Waals surface area contributed by atoms with E-state index in [1.54, 1.807) is 48.2 Å². The molecule has 6 heteroatoms. The summed E-state index contributed by atoms with van der Waals surface area (Å²) in [5, 5.41) is 18.4. The fraction of sp³-hybridized carbons (Fsp3) is 0.235. The summed E-state index contributed by atoms with van der Waals surface area (Å²) in [5.74, 6) is 1.34. The van der Waals surface area contributed by atoms with E-state index in [1.165, 1.54) is 11.8 Å². The predicted octanol–water partition coefficient (Wildman–Crippen LogP) is 3.92. The van der Waals surface area contributed by atoms with Crippen LogP contribution in [0.2, 0.25) is 0 Å². The largest absolute Gasteiger partial charge is 0.508 e. The molecule has 0 unspecified atom stereocenters. The first-order chi connectivity index (χ1) is 11.1. The van der Waals surface area contributed by atoms with E-state index in [2.05, 4.69) is 0 Å². The van der Waals surface area contributed by atoms with Crippen LogP contribution in [-0.4, -0.2) is 34.3 Å². The zero-order valence-corrected chi connectivity index (χ0v) is 14.1. The van der Waals surface area contributed by atoms with Crippen LogP contribution in [0.5, 0.6) is 11.5 Å². The first kappa shape index (κ1) is 17.6. The number of benzene rings is 2. The molecule has 0 spiro atoms. The summed E-state index contributed by atoms with van der Waals surface area (Å²) in [7, 11) is 0. The second-order valence-electron chi connectivity index (χ2n) is 4.70. The number of carbonyl (C=O) groups excluding carboxylic acids is 1. The van der Waals surface area contributed by atoms with Crippen LogP contribution in [-0.2, 0) is 9.53 Å². The van der Waals surface area contributed by atoms with Gasteiger partial charge in [0.1, 0.15) is 11.5 Å². The van der Waals surface area contributed by atoms with Crippen molar-refractivity contribution < 1.29 is 19.7 Å². The Morgan fingerprint density at radius 3 is 1.96 bits per heavy atom. The molecule has 0 bridgehead atoms. The Kier molecular flexibility index (Phi) is 7.16. The van der Waals surface area contributed by atoms with E-state index < -0.39 is 0 Å². The quantitative estimate of drug-likeness (QED) is 0.427. The lowest BCUT2D eigenvalue weighted by atomic mass is 10.3. The Morgan fingerprint density at radius 2 is 1.39 bits per heavy atom. The van der Waals surface area contributed by atoms with Crippen molar-refractivity contribution in [3.63, 3.8) is 0 Å². The Bertz CT molecular complexity index is 611. The summed E-state index contributed by atoms with van der Waals surface area (Å²) in [4.78, 5) is 13.6. The molecule has 2 aromatic rings. The van der Waals surface area contributed by atoms with Gasteiger partial charge in [0.05, 0.1) is 12.4 Å². The van der Waals surface area contributed by atoms with Gasteiger partial charge in [0, 0.05) is 15.5 Å². The van der Waals surface area contributed by atoms with Crippen molar-refractivity contribution in [2.75, 3.05) is 18.1 Å². The molecular weight excluding hydrogens is 332 g/mol. The number of rotatable bonds is 8. The van der Waals surface area contributed by atoms with Crippen LogP contribution in [0.25, 0.3) is 0 Å². The van der Waals surface area contributed by atoms with Crippen LogP contribution in [0.15, 0.2) is 58.3 Å². The summed E-state index contributed by atoms with van der Waals surface area (Å²) in [6.07, 6.45) is 0.779. The molecule has 2 N–H and O–H groups in total. The second-order valence-corrected chi connectivity index (χ2v) is 6.92. The lowest BCUT2D eigenvalue weighted by Gasteiger charge is -2.05. The Hall–Kier alpha value is -1.79. The van der Waals surface area contributed by atoms with Gasteiger partial charge >= 0.3 is 5.97 Å². The molecule has 0 radical (unpaired) electrons. The van der Waals surface area contributed by atoms with Crippen molar-refractivity contribution in [2.24, 2.45) is 0 Å². The van der Waals surface area contributed by atoms with E-state index >= 15 is 0 Å². The summed E-state index contributed by atoms with van der Waals surface area (Å²) >= 11 is 3.05. The van der Waals surface area contributed by atoms with E-state index in [4.69, 9.17) is 4.74 Å². The first-order valence-electron chi connectivity index (χ1n) is 7.13. The van der Waals surface area contributed by atoms with Gasteiger partial charge in [-0.25, -0.2) is 0 Å². The van der Waals surface area contributed by atoms with Gasteiger partial charge in [-0.15, -0.1) is 23.5 Å². The lowest BCUT2D eigenvalue weighted by molar-refractivity contribution is -0.140. The van der Waals surface area contributed by atoms with Crippen LogP contribution >= 0.6 is 23.5 Å². The average Bonchev–Trinajstić information content (AvgIpc) is 2.56. The van der Waals surface area contributed by atoms with Crippen LogP contribution in [0.1, 0.15) is 6.42 Å². The van der Waals surface area contributed by atoms with Crippen molar-refractivity contribution in [1.29, 1.82) is 0 Å². The third-order valence-corrected chi connectivity index (χ3v) is 4.93. The topological polar surface area (TPSA) is 66.8 Å². The molecule has 2 aromatic carbocycles. The molecule has 0 aliphatic heterocycles. The monoisotopic (exact) mass is 350 g/mol. The maximum atomic E-state index is 11.6. The molecule has 0 aliphatic rings. The molecule has 0 atom stereocenters. The minimum atomic E-state index is -0.238. The van der Waals surface area contributed by atoms with Crippen LogP contribution in [0, 0.1) is 0 Å². The van der Waals surface area contributed by atoms with Crippen LogP contribution in [0.3, 0.4) is 0 Å². The number of hydrogen-bond acceptors (Lipinski definition) is 6. The van der Waals surface area contributed by atoms with Gasteiger partial charge in [-0.2, -0.15) is 0 Å². The molecule has 23 heavy (non-hydrogen) atoms. The number of carbonyl (C=O) groups is 1. The van der Waals surface area contributed by atoms with Crippen LogP contribution < -0.4 is 0 Å². The van der Waals surface area contributed by atoms with E-state index in [-0.39, 0.29) is 23.2 Å². The normalized spacial score (nSPS) is 10.4. The minimum absolute atomic E-state index is 0.211. The van der Waals surface area contributed by atoms with E-state index in [1.807, 2.05) is 12.1 Å². The first-order valence-corrected chi connectivity index (χ1v) is 9.10. The van der Waals surface area contributed by atoms with E-state index in [0.717, 1.165) is 22.0 Å². The molecule has 0 aromatic heterocycles. The van der Waals surface area contributed by atoms with Gasteiger partial charge in [-0.3, -0.25) is 4.79 Å². The molecule has 4 nitrogen and oxygen atoms in total. The van der Waals surface area contributed by atoms with Crippen molar-refractivity contribution in [2.45, 2.75) is 16.2 Å². The number of phenolic OH excluding ortho intramolecular Hbond substituents is 2. The molecule has 0 saturated carbocycles. The maximum absolute atomic E-state index is 11.6. The van der Waals surface area contributed by atoms with Gasteiger partial charge in [0.2, 0.25) is 0 Å². The number of thioether (sulfide) groups is 2. The summed E-state index contributed by atoms with van der Waals surface area (Å²) < 4.78 is 5.18. The van der Waals surface area contributed by atoms with Crippen molar-refractivity contribution in [3.8, 4) is 11.5 Å². The van der Waals surface area contributed by atoms with Gasteiger partial charge < -0.3 is 14.9 Å². The SMILES string of the molecule is O=C(CSc1ccc(O)cc1)OCCCSc1ccc(O)cc1. The zero-order chi connectivity index (χ0) is 16.5. The van der Waals surface area contributed by atoms with E-state index in [9.17, 15) is 15.0 Å². The standard InChI is InChI=1S/C17H18O4S2/c18-13-2-6-15(7-3-13)22-11-1-10-21-17(20)12-23-16-8-4-14(19)5-9-16/h2-9,18-19H,1,10-12H2. The Morgan fingerprint density at radius 1 is 0.870 bits per heavy atom. The number of hydrogen-bond donors (Lipinski definition) is 2. The molecular formula is C17H18O4S2. The highest BCUT2D eigenvalue weighted by Gasteiger charge is 2.04. The Labute approximate surface area is 143 Å². The maximum Gasteiger partial charge on any atom is 0.316 e. The molecule has 0 saturated heterocycles. The second kappa shape index (κ2) is 9.37. The minimum Gasteiger partial charge on any atom is -0.508 e. The number of ether oxygens (including phenoxy) is 1. The van der Waals surface area contributed by atoms with Crippen molar-refractivity contribution in [1.82, 2.24) is 0 Å². The smallest absolute Gasteiger partial charge is 0.316 e. The molecule has 0 amide bonds. The molecule has 0 fully saturated rings. The third kappa shape index (κ3) is 6.88. The molecule has 122 valence electrons. The Balaban J connectivity index is 1.56. The lowest BCUT2D eigenvalue weighted by Crippen LogP contribution is -2.08. The number of aromatic hydroxyl groups is 2. The highest BCUT2D eigenvalue weighted by Crippen LogP contribution is 2.22. The fourth-order valence-corrected chi connectivity index (χ4v) is 3.23. The average molecular weight is 350 g/mol. The number of phenols is 2. The summed E-state index contributed by atoms with van der Waals surface area (Å²) in [5.41, 5.74) is 0. The highest BCUT2D eigenvalue weighted by atomic mass is 32.2. The van der Waals surface area contributed by atoms with Gasteiger partial charge in [0.15, 0.2) is 0 Å². The van der Waals surface area contributed by atoms with Gasteiger partial charge in [-0.05, 0) is 55.0 Å². The van der Waals surface area contributed by atoms with Crippen molar-refractivity contribution >= 4 is 29.5 Å². The summed E-state index contributed by atoms with van der Waals surface area (Å²) in [6.45, 7) is 0.403. The third-order valence-electron chi connectivity index (χ3n) is 2.85. The van der Waals surface area contributed by atoms with E-state index in [0.29, 0.717) is 6.61 Å². The molecule has 0 aliphatic carbocycles. The van der Waals surface area contributed by atoms with Gasteiger partial charge in [-0.1, -0.05) is 0 Å². The molecule has 0 heterocycles. The fourth-order valence-electron chi connectivity index (χ4n) is 1.70. The highest BCUT2D eigenvalue weighted by molar-refractivity contribution is 8.00. The molecule has 2 rings (SSSR count). The van der Waals surface area contributed by atoms with Crippen molar-refractivity contribution in [3.05, 3.63) is 48.5 Å².